The van der Waals surface area contributed by atoms with Gasteiger partial charge in [0.05, 0.1) is 6.61 Å². The van der Waals surface area contributed by atoms with Crippen LogP contribution in [0.1, 0.15) is 17.5 Å². The van der Waals surface area contributed by atoms with E-state index in [0.29, 0.717) is 0 Å². The van der Waals surface area contributed by atoms with Crippen molar-refractivity contribution in [1.82, 2.24) is 0 Å². The van der Waals surface area contributed by atoms with Crippen LogP contribution in [0.2, 0.25) is 0 Å². The maximum Gasteiger partial charge on any atom is 0.0684 e. The van der Waals surface area contributed by atoms with Gasteiger partial charge in [-0.2, -0.15) is 0 Å². The fourth-order valence-corrected chi connectivity index (χ4v) is 2.25. The van der Waals surface area contributed by atoms with Crippen LogP contribution in [0, 0.1) is 6.92 Å². The number of aliphatic hydroxyl groups excluding tert-OH is 1. The topological polar surface area (TPSA) is 29.5 Å². The molecule has 1 aromatic rings. The molecular formula is C12H18O2S. The van der Waals surface area contributed by atoms with E-state index in [-0.39, 0.29) is 6.61 Å². The molecule has 0 radical (unpaired) electrons. The minimum Gasteiger partial charge on any atom is -0.392 e. The maximum atomic E-state index is 9.03. The quantitative estimate of drug-likeness (QED) is 0.597. The average molecular weight is 226 g/mol. The highest BCUT2D eigenvalue weighted by Crippen LogP contribution is 2.21. The first-order chi connectivity index (χ1) is 7.27. The number of benzene rings is 1. The lowest BCUT2D eigenvalue weighted by molar-refractivity contribution is 0.200. The number of rotatable bonds is 6. The van der Waals surface area contributed by atoms with Crippen LogP contribution in [0.15, 0.2) is 23.1 Å². The zero-order valence-electron chi connectivity index (χ0n) is 9.32. The van der Waals surface area contributed by atoms with Crippen LogP contribution in [0.3, 0.4) is 0 Å². The fourth-order valence-electron chi connectivity index (χ4n) is 1.33. The molecule has 0 aliphatic heterocycles. The molecule has 3 heteroatoms. The van der Waals surface area contributed by atoms with E-state index in [1.54, 1.807) is 7.11 Å². The molecule has 0 atom stereocenters. The molecule has 1 N–H and O–H groups in total. The Labute approximate surface area is 95.7 Å². The second kappa shape index (κ2) is 6.88. The summed E-state index contributed by atoms with van der Waals surface area (Å²) >= 11 is 1.83. The standard InChI is InChI=1S/C12H18O2S/c1-10-8-12(5-4-11(10)9-13)15-7-3-6-14-2/h4-5,8,13H,3,6-7,9H2,1-2H3. The zero-order valence-corrected chi connectivity index (χ0v) is 10.1. The van der Waals surface area contributed by atoms with Crippen LogP contribution in [-0.2, 0) is 11.3 Å². The molecule has 0 aliphatic rings. The van der Waals surface area contributed by atoms with Crippen LogP contribution in [0.4, 0.5) is 0 Å². The number of hydrogen-bond acceptors (Lipinski definition) is 3. The molecule has 1 aromatic carbocycles. The van der Waals surface area contributed by atoms with E-state index in [0.717, 1.165) is 29.9 Å². The Hall–Kier alpha value is -0.510. The van der Waals surface area contributed by atoms with Crippen LogP contribution in [-0.4, -0.2) is 24.6 Å². The van der Waals surface area contributed by atoms with Gasteiger partial charge in [0, 0.05) is 24.4 Å². The molecule has 1 rings (SSSR count). The van der Waals surface area contributed by atoms with E-state index in [4.69, 9.17) is 9.84 Å². The average Bonchev–Trinajstić information content (AvgIpc) is 2.25. The van der Waals surface area contributed by atoms with E-state index < -0.39 is 0 Å². The Balaban J connectivity index is 2.45. The summed E-state index contributed by atoms with van der Waals surface area (Å²) in [5, 5.41) is 9.03. The molecule has 2 nitrogen and oxygen atoms in total. The number of hydrogen-bond donors (Lipinski definition) is 1. The van der Waals surface area contributed by atoms with Crippen molar-refractivity contribution in [2.45, 2.75) is 24.8 Å². The molecule has 0 fully saturated rings. The van der Waals surface area contributed by atoms with Gasteiger partial charge in [0.1, 0.15) is 0 Å². The summed E-state index contributed by atoms with van der Waals surface area (Å²) < 4.78 is 4.99. The third kappa shape index (κ3) is 4.24. The molecule has 0 unspecified atom stereocenters. The molecule has 0 aliphatic carbocycles. The monoisotopic (exact) mass is 226 g/mol. The normalized spacial score (nSPS) is 10.6. The Morgan fingerprint density at radius 1 is 1.40 bits per heavy atom. The van der Waals surface area contributed by atoms with Crippen molar-refractivity contribution >= 4 is 11.8 Å². The first kappa shape index (κ1) is 12.6. The summed E-state index contributed by atoms with van der Waals surface area (Å²) in [4.78, 5) is 1.26. The highest BCUT2D eigenvalue weighted by atomic mass is 32.2. The third-order valence-corrected chi connectivity index (χ3v) is 3.33. The molecule has 0 aromatic heterocycles. The van der Waals surface area contributed by atoms with Gasteiger partial charge >= 0.3 is 0 Å². The van der Waals surface area contributed by atoms with E-state index in [1.165, 1.54) is 4.90 Å². The molecule has 0 bridgehead atoms. The molecule has 0 amide bonds. The first-order valence-electron chi connectivity index (χ1n) is 5.10. The summed E-state index contributed by atoms with van der Waals surface area (Å²) in [7, 11) is 1.73. The summed E-state index contributed by atoms with van der Waals surface area (Å²) in [6.45, 7) is 2.98. The molecule has 0 saturated carbocycles. The summed E-state index contributed by atoms with van der Waals surface area (Å²) in [6.07, 6.45) is 1.07. The van der Waals surface area contributed by atoms with Crippen LogP contribution in [0.5, 0.6) is 0 Å². The van der Waals surface area contributed by atoms with E-state index in [2.05, 4.69) is 12.1 Å². The molecule has 0 heterocycles. The molecule has 15 heavy (non-hydrogen) atoms. The number of methoxy groups -OCH3 is 1. The molecule has 84 valence electrons. The molecule has 0 saturated heterocycles. The van der Waals surface area contributed by atoms with Crippen molar-refractivity contribution in [2.75, 3.05) is 19.5 Å². The van der Waals surface area contributed by atoms with Crippen LogP contribution in [0.25, 0.3) is 0 Å². The number of ether oxygens (including phenoxy) is 1. The third-order valence-electron chi connectivity index (χ3n) is 2.25. The van der Waals surface area contributed by atoms with Gasteiger partial charge in [-0.25, -0.2) is 0 Å². The van der Waals surface area contributed by atoms with Crippen LogP contribution < -0.4 is 0 Å². The SMILES string of the molecule is COCCCSc1ccc(CO)c(C)c1. The van der Waals surface area contributed by atoms with Crippen molar-refractivity contribution in [2.24, 2.45) is 0 Å². The Bertz CT molecular complexity index is 300. The highest BCUT2D eigenvalue weighted by Gasteiger charge is 1.99. The van der Waals surface area contributed by atoms with Crippen molar-refractivity contribution < 1.29 is 9.84 Å². The van der Waals surface area contributed by atoms with Crippen LogP contribution >= 0.6 is 11.8 Å². The van der Waals surface area contributed by atoms with Crippen molar-refractivity contribution in [3.63, 3.8) is 0 Å². The zero-order chi connectivity index (χ0) is 11.1. The van der Waals surface area contributed by atoms with Gasteiger partial charge in [0.15, 0.2) is 0 Å². The number of aryl methyl sites for hydroxylation is 1. The van der Waals surface area contributed by atoms with Gasteiger partial charge in [-0.3, -0.25) is 0 Å². The second-order valence-corrected chi connectivity index (χ2v) is 4.61. The number of aliphatic hydroxyl groups is 1. The van der Waals surface area contributed by atoms with Gasteiger partial charge in [-0.15, -0.1) is 11.8 Å². The Morgan fingerprint density at radius 2 is 2.20 bits per heavy atom. The predicted molar refractivity (Wildman–Crippen MR) is 64.3 cm³/mol. The summed E-state index contributed by atoms with van der Waals surface area (Å²) in [5.74, 6) is 1.08. The summed E-state index contributed by atoms with van der Waals surface area (Å²) in [5.41, 5.74) is 2.17. The number of thioether (sulfide) groups is 1. The van der Waals surface area contributed by atoms with Gasteiger partial charge in [0.25, 0.3) is 0 Å². The maximum absolute atomic E-state index is 9.03. The first-order valence-corrected chi connectivity index (χ1v) is 6.08. The molecular weight excluding hydrogens is 208 g/mol. The lowest BCUT2D eigenvalue weighted by Gasteiger charge is -2.06. The Kier molecular flexibility index (Phi) is 5.76. The van der Waals surface area contributed by atoms with Gasteiger partial charge in [0.2, 0.25) is 0 Å². The van der Waals surface area contributed by atoms with E-state index >= 15 is 0 Å². The largest absolute Gasteiger partial charge is 0.392 e. The van der Waals surface area contributed by atoms with Gasteiger partial charge < -0.3 is 9.84 Å². The minimum atomic E-state index is 0.125. The Morgan fingerprint density at radius 3 is 2.80 bits per heavy atom. The van der Waals surface area contributed by atoms with Crippen molar-refractivity contribution in [1.29, 1.82) is 0 Å². The van der Waals surface area contributed by atoms with Crippen molar-refractivity contribution in [3.8, 4) is 0 Å². The lowest BCUT2D eigenvalue weighted by atomic mass is 10.1. The fraction of sp³-hybridized carbons (Fsp3) is 0.500. The van der Waals surface area contributed by atoms with Crippen molar-refractivity contribution in [3.05, 3.63) is 29.3 Å². The second-order valence-electron chi connectivity index (χ2n) is 3.44. The van der Waals surface area contributed by atoms with E-state index in [1.807, 2.05) is 24.8 Å². The predicted octanol–water partition coefficient (Wildman–Crippen LogP) is 2.62. The molecule has 0 spiro atoms. The summed E-state index contributed by atoms with van der Waals surface area (Å²) in [6, 6.07) is 6.19. The van der Waals surface area contributed by atoms with Gasteiger partial charge in [-0.1, -0.05) is 6.07 Å². The highest BCUT2D eigenvalue weighted by molar-refractivity contribution is 7.99. The smallest absolute Gasteiger partial charge is 0.0684 e. The lowest BCUT2D eigenvalue weighted by Crippen LogP contribution is -1.91. The minimum absolute atomic E-state index is 0.125. The van der Waals surface area contributed by atoms with E-state index in [9.17, 15) is 0 Å². The van der Waals surface area contributed by atoms with Gasteiger partial charge in [-0.05, 0) is 36.6 Å².